The fraction of sp³-hybridized carbons (Fsp3) is 0.105. The molecule has 1 aliphatic rings. The number of nitro groups is 1. The minimum absolute atomic E-state index is 0.0440. The highest BCUT2D eigenvalue weighted by molar-refractivity contribution is 8.18. The van der Waals surface area contributed by atoms with Crippen molar-refractivity contribution in [2.75, 3.05) is 14.2 Å². The molecule has 0 spiro atoms. The van der Waals surface area contributed by atoms with Crippen molar-refractivity contribution >= 4 is 46.3 Å². The maximum atomic E-state index is 12.3. The first kappa shape index (κ1) is 20.9. The number of nitro benzene ring substituents is 1. The Labute approximate surface area is 174 Å². The van der Waals surface area contributed by atoms with Crippen LogP contribution in [0.25, 0.3) is 6.08 Å². The quantitative estimate of drug-likeness (QED) is 0.405. The molecule has 1 heterocycles. The van der Waals surface area contributed by atoms with Crippen LogP contribution in [0.1, 0.15) is 15.9 Å². The number of non-ortho nitro benzene ring substituents is 1. The number of aromatic carboxylic acids is 1. The predicted molar refractivity (Wildman–Crippen MR) is 110 cm³/mol. The van der Waals surface area contributed by atoms with E-state index in [0.29, 0.717) is 5.69 Å². The van der Waals surface area contributed by atoms with Crippen LogP contribution in [0.2, 0.25) is 0 Å². The van der Waals surface area contributed by atoms with Crippen molar-refractivity contribution in [2.24, 2.45) is 4.99 Å². The first-order chi connectivity index (χ1) is 14.3. The molecular weight excluding hydrogens is 414 g/mol. The van der Waals surface area contributed by atoms with Gasteiger partial charge in [0.1, 0.15) is 5.56 Å². The van der Waals surface area contributed by atoms with E-state index in [1.54, 1.807) is 6.07 Å². The predicted octanol–water partition coefficient (Wildman–Crippen LogP) is 3.20. The van der Waals surface area contributed by atoms with Crippen molar-refractivity contribution in [2.45, 2.75) is 0 Å². The van der Waals surface area contributed by atoms with Crippen LogP contribution in [-0.2, 0) is 4.79 Å². The molecule has 154 valence electrons. The monoisotopic (exact) mass is 429 g/mol. The van der Waals surface area contributed by atoms with E-state index in [1.165, 1.54) is 50.6 Å². The van der Waals surface area contributed by atoms with Gasteiger partial charge < -0.3 is 19.9 Å². The molecule has 10 nitrogen and oxygen atoms in total. The van der Waals surface area contributed by atoms with Gasteiger partial charge >= 0.3 is 5.97 Å². The van der Waals surface area contributed by atoms with Gasteiger partial charge in [-0.3, -0.25) is 14.9 Å². The van der Waals surface area contributed by atoms with Gasteiger partial charge in [0.25, 0.3) is 11.6 Å². The molecule has 1 fully saturated rings. The lowest BCUT2D eigenvalue weighted by atomic mass is 10.0. The summed E-state index contributed by atoms with van der Waals surface area (Å²) >= 11 is 1.01. The standard InChI is InChI=1S/C19H15N3O7S/c1-28-13-8-3-10(15(18(24)25)16(13)29-2)9-14-17(23)21-19(30-14)20-11-4-6-12(7-5-11)22(26)27/h3-9H,1-2H3,(H,24,25)(H,20,21,23)/b14-9-. The molecule has 2 aromatic carbocycles. The van der Waals surface area contributed by atoms with Gasteiger partial charge in [0.15, 0.2) is 16.7 Å². The Balaban J connectivity index is 1.93. The molecule has 2 N–H and O–H groups in total. The Bertz CT molecular complexity index is 1090. The number of aliphatic imine (C=N–C) groups is 1. The van der Waals surface area contributed by atoms with Crippen LogP contribution < -0.4 is 14.8 Å². The lowest BCUT2D eigenvalue weighted by Crippen LogP contribution is -2.19. The number of hydrogen-bond acceptors (Lipinski definition) is 8. The largest absolute Gasteiger partial charge is 0.493 e. The average molecular weight is 429 g/mol. The maximum Gasteiger partial charge on any atom is 0.340 e. The van der Waals surface area contributed by atoms with Crippen LogP contribution in [0.4, 0.5) is 11.4 Å². The summed E-state index contributed by atoms with van der Waals surface area (Å²) in [6.45, 7) is 0. The molecular formula is C19H15N3O7S. The normalized spacial score (nSPS) is 15.9. The molecule has 0 atom stereocenters. The molecule has 0 aromatic heterocycles. The van der Waals surface area contributed by atoms with E-state index >= 15 is 0 Å². The SMILES string of the molecule is COc1ccc(/C=C2\SC(=Nc3ccc([N+](=O)[O-])cc3)NC2=O)c(C(=O)O)c1OC. The number of nitrogens with one attached hydrogen (secondary N) is 1. The average Bonchev–Trinajstić information content (AvgIpc) is 3.06. The molecule has 11 heteroatoms. The molecule has 0 bridgehead atoms. The second kappa shape index (κ2) is 8.66. The van der Waals surface area contributed by atoms with Crippen molar-refractivity contribution in [3.8, 4) is 11.5 Å². The number of amides is 1. The zero-order valence-corrected chi connectivity index (χ0v) is 16.6. The highest BCUT2D eigenvalue weighted by Crippen LogP contribution is 2.36. The fourth-order valence-corrected chi connectivity index (χ4v) is 3.50. The summed E-state index contributed by atoms with van der Waals surface area (Å²) in [6.07, 6.45) is 1.42. The van der Waals surface area contributed by atoms with Crippen molar-refractivity contribution in [1.82, 2.24) is 5.32 Å². The minimum atomic E-state index is -1.24. The Kier molecular flexibility index (Phi) is 6.02. The number of hydrogen-bond donors (Lipinski definition) is 2. The van der Waals surface area contributed by atoms with Crippen LogP contribution in [0.5, 0.6) is 11.5 Å². The van der Waals surface area contributed by atoms with E-state index in [9.17, 15) is 24.8 Å². The second-order valence-electron chi connectivity index (χ2n) is 5.83. The van der Waals surface area contributed by atoms with E-state index in [-0.39, 0.29) is 38.4 Å². The number of rotatable bonds is 6. The van der Waals surface area contributed by atoms with Crippen molar-refractivity contribution in [3.05, 3.63) is 62.5 Å². The number of carbonyl (C=O) groups is 2. The van der Waals surface area contributed by atoms with Crippen LogP contribution >= 0.6 is 11.8 Å². The van der Waals surface area contributed by atoms with E-state index in [2.05, 4.69) is 10.3 Å². The molecule has 0 aliphatic carbocycles. The van der Waals surface area contributed by atoms with Crippen molar-refractivity contribution < 1.29 is 29.1 Å². The van der Waals surface area contributed by atoms with Gasteiger partial charge in [0.05, 0.1) is 29.7 Å². The summed E-state index contributed by atoms with van der Waals surface area (Å²) in [5.74, 6) is -1.39. The van der Waals surface area contributed by atoms with E-state index in [4.69, 9.17) is 9.47 Å². The van der Waals surface area contributed by atoms with Gasteiger partial charge in [-0.05, 0) is 41.6 Å². The Morgan fingerprint density at radius 1 is 1.20 bits per heavy atom. The van der Waals surface area contributed by atoms with Crippen molar-refractivity contribution in [3.63, 3.8) is 0 Å². The lowest BCUT2D eigenvalue weighted by molar-refractivity contribution is -0.384. The summed E-state index contributed by atoms with van der Waals surface area (Å²) in [5.41, 5.74) is 0.465. The van der Waals surface area contributed by atoms with Crippen LogP contribution in [0.15, 0.2) is 46.3 Å². The summed E-state index contributed by atoms with van der Waals surface area (Å²) in [7, 11) is 2.72. The number of amidine groups is 1. The zero-order valence-electron chi connectivity index (χ0n) is 15.7. The smallest absolute Gasteiger partial charge is 0.340 e. The van der Waals surface area contributed by atoms with E-state index in [0.717, 1.165) is 11.8 Å². The van der Waals surface area contributed by atoms with Crippen LogP contribution in [-0.4, -0.2) is 41.3 Å². The number of carboxylic acids is 1. The van der Waals surface area contributed by atoms with Gasteiger partial charge in [-0.15, -0.1) is 0 Å². The summed E-state index contributed by atoms with van der Waals surface area (Å²) in [4.78, 5) is 38.7. The van der Waals surface area contributed by atoms with Gasteiger partial charge in [-0.1, -0.05) is 6.07 Å². The zero-order chi connectivity index (χ0) is 21.8. The van der Waals surface area contributed by atoms with Gasteiger partial charge in [0.2, 0.25) is 0 Å². The third-order valence-electron chi connectivity index (χ3n) is 4.02. The fourth-order valence-electron chi connectivity index (χ4n) is 2.67. The van der Waals surface area contributed by atoms with E-state index in [1.807, 2.05) is 0 Å². The molecule has 1 aliphatic heterocycles. The summed E-state index contributed by atoms with van der Waals surface area (Å²) in [6, 6.07) is 8.58. The Morgan fingerprint density at radius 2 is 1.90 bits per heavy atom. The van der Waals surface area contributed by atoms with Gasteiger partial charge in [0, 0.05) is 12.1 Å². The van der Waals surface area contributed by atoms with Gasteiger partial charge in [-0.25, -0.2) is 9.79 Å². The number of carboxylic acid groups (broad SMARTS) is 1. The Hall–Kier alpha value is -3.86. The number of nitrogens with zero attached hydrogens (tertiary/aromatic N) is 2. The summed E-state index contributed by atoms with van der Waals surface area (Å²) < 4.78 is 10.3. The molecule has 2 aromatic rings. The molecule has 3 rings (SSSR count). The number of carbonyl (C=O) groups excluding carboxylic acids is 1. The number of methoxy groups -OCH3 is 2. The third-order valence-corrected chi connectivity index (χ3v) is 4.93. The van der Waals surface area contributed by atoms with Crippen molar-refractivity contribution in [1.29, 1.82) is 0 Å². The summed E-state index contributed by atoms with van der Waals surface area (Å²) in [5, 5.41) is 23.2. The second-order valence-corrected chi connectivity index (χ2v) is 6.86. The highest BCUT2D eigenvalue weighted by Gasteiger charge is 2.26. The third kappa shape index (κ3) is 4.25. The maximum absolute atomic E-state index is 12.3. The van der Waals surface area contributed by atoms with Gasteiger partial charge in [-0.2, -0.15) is 0 Å². The number of ether oxygens (including phenoxy) is 2. The molecule has 1 saturated heterocycles. The molecule has 0 unspecified atom stereocenters. The molecule has 1 amide bonds. The lowest BCUT2D eigenvalue weighted by Gasteiger charge is -2.12. The topological polar surface area (TPSA) is 140 Å². The van der Waals surface area contributed by atoms with E-state index < -0.39 is 16.8 Å². The Morgan fingerprint density at radius 3 is 2.47 bits per heavy atom. The minimum Gasteiger partial charge on any atom is -0.493 e. The molecule has 0 radical (unpaired) electrons. The number of thioether (sulfide) groups is 1. The molecule has 30 heavy (non-hydrogen) atoms. The van der Waals surface area contributed by atoms with Crippen LogP contribution in [0.3, 0.4) is 0 Å². The molecule has 0 saturated carbocycles. The number of benzene rings is 2. The van der Waals surface area contributed by atoms with Crippen LogP contribution in [0, 0.1) is 10.1 Å². The first-order valence-electron chi connectivity index (χ1n) is 8.36. The highest BCUT2D eigenvalue weighted by atomic mass is 32.2. The first-order valence-corrected chi connectivity index (χ1v) is 9.18.